The number of rotatable bonds is 2. The molecule has 1 fully saturated rings. The third-order valence-corrected chi connectivity index (χ3v) is 2.77. The Hall–Kier alpha value is -1.93. The largest absolute Gasteiger partial charge is 0.369 e. The Kier molecular flexibility index (Phi) is 5.45. The van der Waals surface area contributed by atoms with Crippen molar-refractivity contribution in [3.8, 4) is 0 Å². The number of hydrogen-bond donors (Lipinski definition) is 2. The number of nitrogens with zero attached hydrogens (tertiary/aromatic N) is 3. The Morgan fingerprint density at radius 1 is 1.33 bits per heavy atom. The summed E-state index contributed by atoms with van der Waals surface area (Å²) in [6, 6.07) is 1.06. The number of aromatic nitrogens is 1. The van der Waals surface area contributed by atoms with Crippen molar-refractivity contribution in [1.29, 1.82) is 0 Å². The molecule has 21 heavy (non-hydrogen) atoms. The van der Waals surface area contributed by atoms with Crippen LogP contribution in [0.25, 0.3) is 0 Å². The van der Waals surface area contributed by atoms with Crippen LogP contribution in [0.15, 0.2) is 10.6 Å². The maximum atomic E-state index is 11.8. The van der Waals surface area contributed by atoms with Crippen molar-refractivity contribution >= 4 is 17.6 Å². The molecule has 118 valence electrons. The lowest BCUT2D eigenvalue weighted by atomic mass is 10.1. The zero-order valence-electron chi connectivity index (χ0n) is 12.8. The Morgan fingerprint density at radius 2 is 1.86 bits per heavy atom. The minimum atomic E-state index is -1.34. The van der Waals surface area contributed by atoms with Gasteiger partial charge in [0.2, 0.25) is 0 Å². The maximum Gasteiger partial charge on any atom is 0.329 e. The Balaban J connectivity index is 0.000000491. The van der Waals surface area contributed by atoms with E-state index in [9.17, 15) is 19.8 Å². The van der Waals surface area contributed by atoms with E-state index in [0.29, 0.717) is 5.76 Å². The van der Waals surface area contributed by atoms with Crippen molar-refractivity contribution in [2.75, 3.05) is 11.9 Å². The Bertz CT molecular complexity index is 510. The first-order chi connectivity index (χ1) is 9.66. The number of anilines is 1. The van der Waals surface area contributed by atoms with Gasteiger partial charge in [0.15, 0.2) is 18.3 Å². The molecule has 1 aromatic rings. The van der Waals surface area contributed by atoms with Gasteiger partial charge in [-0.15, -0.1) is 0 Å². The summed E-state index contributed by atoms with van der Waals surface area (Å²) in [7, 11) is 1.40. The molecule has 0 spiro atoms. The maximum absolute atomic E-state index is 11.8. The van der Waals surface area contributed by atoms with E-state index < -0.39 is 18.5 Å². The topological polar surface area (TPSA) is 107 Å². The lowest BCUT2D eigenvalue weighted by Crippen LogP contribution is -2.36. The molecule has 2 rings (SSSR count). The van der Waals surface area contributed by atoms with Gasteiger partial charge in [-0.3, -0.25) is 4.90 Å². The second kappa shape index (κ2) is 6.68. The van der Waals surface area contributed by atoms with Crippen LogP contribution >= 0.6 is 0 Å². The number of Topliss-reactive ketones (excluding diaryl/α,β-unsaturated/α-hetero) is 1. The first kappa shape index (κ1) is 17.1. The quantitative estimate of drug-likeness (QED) is 0.840. The predicted octanol–water partition coefficient (Wildman–Crippen LogP) is 0.902. The molecule has 0 aromatic carbocycles. The van der Waals surface area contributed by atoms with Crippen molar-refractivity contribution in [2.45, 2.75) is 46.1 Å². The Labute approximate surface area is 122 Å². The molecule has 0 radical (unpaired) electrons. The SMILES string of the molecule is CC(C)=O.CC(C)c1cc(N2C(=O)N(C)C(O)C2O)no1. The molecule has 8 nitrogen and oxygen atoms in total. The number of carbonyl (C=O) groups excluding carboxylic acids is 2. The lowest BCUT2D eigenvalue weighted by Gasteiger charge is -2.15. The summed E-state index contributed by atoms with van der Waals surface area (Å²) in [4.78, 5) is 23.2. The number of hydrogen-bond acceptors (Lipinski definition) is 6. The van der Waals surface area contributed by atoms with Crippen LogP contribution < -0.4 is 4.90 Å². The number of amides is 2. The number of ketones is 1. The summed E-state index contributed by atoms with van der Waals surface area (Å²) in [5.41, 5.74) is 0. The highest BCUT2D eigenvalue weighted by Gasteiger charge is 2.44. The molecule has 1 aliphatic heterocycles. The number of aliphatic hydroxyl groups excluding tert-OH is 2. The van der Waals surface area contributed by atoms with Crippen molar-refractivity contribution < 1.29 is 24.3 Å². The molecule has 2 unspecified atom stereocenters. The fourth-order valence-corrected chi connectivity index (χ4v) is 1.63. The molecule has 8 heteroatoms. The van der Waals surface area contributed by atoms with Crippen LogP contribution in [0.5, 0.6) is 0 Å². The van der Waals surface area contributed by atoms with E-state index in [1.165, 1.54) is 20.9 Å². The van der Waals surface area contributed by atoms with Gasteiger partial charge in [0.25, 0.3) is 0 Å². The second-order valence-corrected chi connectivity index (χ2v) is 5.24. The Morgan fingerprint density at radius 3 is 2.19 bits per heavy atom. The number of urea groups is 1. The summed E-state index contributed by atoms with van der Waals surface area (Å²) < 4.78 is 5.05. The molecule has 1 aliphatic rings. The molecule has 1 aromatic heterocycles. The van der Waals surface area contributed by atoms with Gasteiger partial charge in [-0.1, -0.05) is 19.0 Å². The molecule has 2 N–H and O–H groups in total. The van der Waals surface area contributed by atoms with Crippen LogP contribution in [0.4, 0.5) is 10.6 Å². The van der Waals surface area contributed by atoms with E-state index in [4.69, 9.17) is 4.52 Å². The highest BCUT2D eigenvalue weighted by atomic mass is 16.5. The zero-order valence-corrected chi connectivity index (χ0v) is 12.8. The number of carbonyl (C=O) groups is 2. The van der Waals surface area contributed by atoms with Crippen LogP contribution in [-0.4, -0.2) is 51.6 Å². The van der Waals surface area contributed by atoms with Gasteiger partial charge in [0, 0.05) is 19.0 Å². The monoisotopic (exact) mass is 299 g/mol. The van der Waals surface area contributed by atoms with Crippen LogP contribution in [0.1, 0.15) is 39.4 Å². The van der Waals surface area contributed by atoms with Gasteiger partial charge in [0.05, 0.1) is 0 Å². The fraction of sp³-hybridized carbons (Fsp3) is 0.615. The molecule has 0 bridgehead atoms. The summed E-state index contributed by atoms with van der Waals surface area (Å²) in [6.45, 7) is 6.90. The lowest BCUT2D eigenvalue weighted by molar-refractivity contribution is -0.114. The standard InChI is InChI=1S/C10H15N3O4.C3H6O/c1-5(2)6-4-7(11-17-6)13-9(15)8(14)12(3)10(13)16;1-3(2)4/h4-5,8-9,14-15H,1-3H3;1-2H3. The van der Waals surface area contributed by atoms with Crippen LogP contribution in [0.3, 0.4) is 0 Å². The second-order valence-electron chi connectivity index (χ2n) is 5.24. The minimum Gasteiger partial charge on any atom is -0.369 e. The smallest absolute Gasteiger partial charge is 0.329 e. The molecular weight excluding hydrogens is 278 g/mol. The first-order valence-electron chi connectivity index (χ1n) is 6.52. The molecule has 0 saturated carbocycles. The molecule has 2 amide bonds. The fourth-order valence-electron chi connectivity index (χ4n) is 1.63. The van der Waals surface area contributed by atoms with Crippen molar-refractivity contribution in [3.05, 3.63) is 11.8 Å². The van der Waals surface area contributed by atoms with Crippen LogP contribution in [0.2, 0.25) is 0 Å². The highest BCUT2D eigenvalue weighted by molar-refractivity contribution is 5.93. The van der Waals surface area contributed by atoms with Gasteiger partial charge in [-0.05, 0) is 13.8 Å². The molecular formula is C13H21N3O5. The molecule has 0 aliphatic carbocycles. The van der Waals surface area contributed by atoms with Gasteiger partial charge in [-0.2, -0.15) is 0 Å². The molecule has 1 saturated heterocycles. The normalized spacial score (nSPS) is 21.6. The van der Waals surface area contributed by atoms with Gasteiger partial charge in [0.1, 0.15) is 11.5 Å². The third-order valence-electron chi connectivity index (χ3n) is 2.77. The van der Waals surface area contributed by atoms with Gasteiger partial charge >= 0.3 is 6.03 Å². The third kappa shape index (κ3) is 3.79. The van der Waals surface area contributed by atoms with Crippen LogP contribution in [-0.2, 0) is 4.79 Å². The highest BCUT2D eigenvalue weighted by Crippen LogP contribution is 2.27. The number of aliphatic hydroxyl groups is 2. The summed E-state index contributed by atoms with van der Waals surface area (Å²) in [6.07, 6.45) is -2.60. The summed E-state index contributed by atoms with van der Waals surface area (Å²) in [5.74, 6) is 1.12. The van der Waals surface area contributed by atoms with Crippen molar-refractivity contribution in [1.82, 2.24) is 10.1 Å². The van der Waals surface area contributed by atoms with Crippen molar-refractivity contribution in [3.63, 3.8) is 0 Å². The van der Waals surface area contributed by atoms with E-state index in [2.05, 4.69) is 5.16 Å². The molecule has 2 atom stereocenters. The van der Waals surface area contributed by atoms with E-state index in [1.807, 2.05) is 13.8 Å². The van der Waals surface area contributed by atoms with Gasteiger partial charge in [-0.25, -0.2) is 9.69 Å². The minimum absolute atomic E-state index is 0.133. The summed E-state index contributed by atoms with van der Waals surface area (Å²) in [5, 5.41) is 23.0. The van der Waals surface area contributed by atoms with E-state index in [0.717, 1.165) is 9.80 Å². The van der Waals surface area contributed by atoms with Crippen LogP contribution in [0, 0.1) is 0 Å². The van der Waals surface area contributed by atoms with Gasteiger partial charge < -0.3 is 19.5 Å². The van der Waals surface area contributed by atoms with Crippen molar-refractivity contribution in [2.24, 2.45) is 0 Å². The zero-order chi connectivity index (χ0) is 16.3. The molecule has 2 heterocycles. The van der Waals surface area contributed by atoms with E-state index in [1.54, 1.807) is 6.07 Å². The average molecular weight is 299 g/mol. The predicted molar refractivity (Wildman–Crippen MR) is 74.6 cm³/mol. The summed E-state index contributed by atoms with van der Waals surface area (Å²) >= 11 is 0. The van der Waals surface area contributed by atoms with E-state index in [-0.39, 0.29) is 17.5 Å². The average Bonchev–Trinajstić information content (AvgIpc) is 2.91. The first-order valence-corrected chi connectivity index (χ1v) is 6.52. The number of likely N-dealkylation sites (N-methyl/N-ethyl adjacent to an activating group) is 1. The van der Waals surface area contributed by atoms with E-state index >= 15 is 0 Å².